The summed E-state index contributed by atoms with van der Waals surface area (Å²) in [7, 11) is 1.65. The predicted octanol–water partition coefficient (Wildman–Crippen LogP) is 3.88. The summed E-state index contributed by atoms with van der Waals surface area (Å²) in [6.07, 6.45) is 0. The molecular formula is C24H26ClN2O2+. The van der Waals surface area contributed by atoms with Crippen molar-refractivity contribution < 1.29 is 14.8 Å². The van der Waals surface area contributed by atoms with Gasteiger partial charge in [0.15, 0.2) is 6.54 Å². The first-order valence-corrected chi connectivity index (χ1v) is 10.0. The highest BCUT2D eigenvalue weighted by atomic mass is 35.5. The largest absolute Gasteiger partial charge is 0.497 e. The van der Waals surface area contributed by atoms with Crippen molar-refractivity contribution in [1.82, 2.24) is 5.32 Å². The third-order valence-electron chi connectivity index (χ3n) is 4.92. The molecule has 0 unspecified atom stereocenters. The number of methoxy groups -OCH3 is 1. The van der Waals surface area contributed by atoms with Gasteiger partial charge in [-0.1, -0.05) is 54.1 Å². The number of rotatable bonds is 8. The van der Waals surface area contributed by atoms with Gasteiger partial charge in [0.1, 0.15) is 11.8 Å². The molecule has 0 radical (unpaired) electrons. The molecule has 0 fully saturated rings. The van der Waals surface area contributed by atoms with E-state index in [4.69, 9.17) is 16.3 Å². The number of hydrogen-bond acceptors (Lipinski definition) is 2. The molecule has 0 aliphatic rings. The molecule has 0 saturated heterocycles. The average Bonchev–Trinajstić information content (AvgIpc) is 2.75. The summed E-state index contributed by atoms with van der Waals surface area (Å²) in [6.45, 7) is 2.29. The molecular weight excluding hydrogens is 384 g/mol. The molecule has 2 atom stereocenters. The van der Waals surface area contributed by atoms with E-state index >= 15 is 0 Å². The number of ether oxygens (including phenoxy) is 1. The zero-order valence-electron chi connectivity index (χ0n) is 16.6. The van der Waals surface area contributed by atoms with Crippen LogP contribution in [-0.4, -0.2) is 19.6 Å². The van der Waals surface area contributed by atoms with Gasteiger partial charge in [-0.2, -0.15) is 0 Å². The van der Waals surface area contributed by atoms with E-state index in [1.54, 1.807) is 7.11 Å². The van der Waals surface area contributed by atoms with Crippen LogP contribution in [0.3, 0.4) is 0 Å². The van der Waals surface area contributed by atoms with Crippen LogP contribution in [0.5, 0.6) is 5.75 Å². The molecule has 0 aromatic heterocycles. The first kappa shape index (κ1) is 20.9. The number of nitrogens with two attached hydrogens (primary N) is 1. The SMILES string of the molecule is COc1ccc([C@H]([NH2+]CC(=O)N[C@@H](C)c2ccc(Cl)cc2)c2ccccc2)cc1. The van der Waals surface area contributed by atoms with Gasteiger partial charge in [0.25, 0.3) is 5.91 Å². The molecule has 5 heteroatoms. The Morgan fingerprint density at radius 3 is 2.14 bits per heavy atom. The van der Waals surface area contributed by atoms with Crippen LogP contribution in [0.1, 0.15) is 35.7 Å². The molecule has 0 heterocycles. The zero-order valence-corrected chi connectivity index (χ0v) is 17.4. The van der Waals surface area contributed by atoms with Crippen molar-refractivity contribution in [3.8, 4) is 5.75 Å². The molecule has 3 aromatic carbocycles. The smallest absolute Gasteiger partial charge is 0.275 e. The van der Waals surface area contributed by atoms with Crippen LogP contribution in [0.2, 0.25) is 5.02 Å². The van der Waals surface area contributed by atoms with Gasteiger partial charge in [-0.3, -0.25) is 4.79 Å². The van der Waals surface area contributed by atoms with Crippen molar-refractivity contribution in [1.29, 1.82) is 0 Å². The number of amides is 1. The molecule has 29 heavy (non-hydrogen) atoms. The number of carbonyl (C=O) groups excluding carboxylic acids is 1. The highest BCUT2D eigenvalue weighted by Crippen LogP contribution is 2.21. The molecule has 3 rings (SSSR count). The summed E-state index contributed by atoms with van der Waals surface area (Å²) in [4.78, 5) is 12.6. The fourth-order valence-electron chi connectivity index (χ4n) is 3.30. The van der Waals surface area contributed by atoms with Gasteiger partial charge in [-0.15, -0.1) is 0 Å². The highest BCUT2D eigenvalue weighted by molar-refractivity contribution is 6.30. The Hall–Kier alpha value is -2.82. The number of hydrogen-bond donors (Lipinski definition) is 2. The van der Waals surface area contributed by atoms with Gasteiger partial charge in [0, 0.05) is 16.1 Å². The van der Waals surface area contributed by atoms with Crippen LogP contribution >= 0.6 is 11.6 Å². The van der Waals surface area contributed by atoms with Gasteiger partial charge in [0.2, 0.25) is 0 Å². The second-order valence-corrected chi connectivity index (χ2v) is 7.38. The van der Waals surface area contributed by atoms with Crippen molar-refractivity contribution in [2.24, 2.45) is 0 Å². The van der Waals surface area contributed by atoms with Crippen LogP contribution in [0.15, 0.2) is 78.9 Å². The summed E-state index contributed by atoms with van der Waals surface area (Å²) in [5.74, 6) is 0.803. The van der Waals surface area contributed by atoms with Crippen LogP contribution in [0.4, 0.5) is 0 Å². The Balaban J connectivity index is 1.67. The van der Waals surface area contributed by atoms with E-state index in [0.717, 1.165) is 22.4 Å². The lowest BCUT2D eigenvalue weighted by Gasteiger charge is -2.18. The molecule has 4 nitrogen and oxygen atoms in total. The topological polar surface area (TPSA) is 54.9 Å². The molecule has 150 valence electrons. The first-order valence-electron chi connectivity index (χ1n) is 9.64. The van der Waals surface area contributed by atoms with Gasteiger partial charge in [0.05, 0.1) is 13.2 Å². The molecule has 0 bridgehead atoms. The van der Waals surface area contributed by atoms with Gasteiger partial charge in [-0.25, -0.2) is 0 Å². The van der Waals surface area contributed by atoms with Crippen molar-refractivity contribution in [3.63, 3.8) is 0 Å². The van der Waals surface area contributed by atoms with E-state index in [0.29, 0.717) is 11.6 Å². The van der Waals surface area contributed by atoms with Crippen molar-refractivity contribution >= 4 is 17.5 Å². The monoisotopic (exact) mass is 409 g/mol. The minimum Gasteiger partial charge on any atom is -0.497 e. The summed E-state index contributed by atoms with van der Waals surface area (Å²) in [6, 6.07) is 25.7. The van der Waals surface area contributed by atoms with Crippen molar-refractivity contribution in [3.05, 3.63) is 101 Å². The summed E-state index contributed by atoms with van der Waals surface area (Å²) in [5.41, 5.74) is 3.30. The number of carbonyl (C=O) groups is 1. The molecule has 0 aliphatic heterocycles. The van der Waals surface area contributed by atoms with Gasteiger partial charge in [-0.05, 0) is 48.9 Å². The Kier molecular flexibility index (Phi) is 7.28. The summed E-state index contributed by atoms with van der Waals surface area (Å²) >= 11 is 5.94. The van der Waals surface area contributed by atoms with E-state index < -0.39 is 0 Å². The lowest BCUT2D eigenvalue weighted by atomic mass is 9.98. The van der Waals surface area contributed by atoms with E-state index in [-0.39, 0.29) is 18.0 Å². The lowest BCUT2D eigenvalue weighted by molar-refractivity contribution is -0.676. The van der Waals surface area contributed by atoms with Crippen LogP contribution < -0.4 is 15.4 Å². The maximum Gasteiger partial charge on any atom is 0.275 e. The molecule has 0 spiro atoms. The average molecular weight is 410 g/mol. The molecule has 3 aromatic rings. The quantitative estimate of drug-likeness (QED) is 0.593. The number of halogens is 1. The third-order valence-corrected chi connectivity index (χ3v) is 5.17. The number of benzene rings is 3. The fraction of sp³-hybridized carbons (Fsp3) is 0.208. The second kappa shape index (κ2) is 10.1. The predicted molar refractivity (Wildman–Crippen MR) is 116 cm³/mol. The fourth-order valence-corrected chi connectivity index (χ4v) is 3.42. The number of nitrogens with one attached hydrogen (secondary N) is 1. The van der Waals surface area contributed by atoms with Crippen LogP contribution in [0, 0.1) is 0 Å². The lowest BCUT2D eigenvalue weighted by Crippen LogP contribution is -2.87. The van der Waals surface area contributed by atoms with Crippen molar-refractivity contribution in [2.45, 2.75) is 19.0 Å². The Labute approximate surface area is 176 Å². The van der Waals surface area contributed by atoms with E-state index in [9.17, 15) is 4.79 Å². The van der Waals surface area contributed by atoms with Crippen molar-refractivity contribution in [2.75, 3.05) is 13.7 Å². The van der Waals surface area contributed by atoms with E-state index in [2.05, 4.69) is 22.8 Å². The number of quaternary nitrogens is 1. The minimum absolute atomic E-state index is 0.0121. The Morgan fingerprint density at radius 1 is 0.931 bits per heavy atom. The van der Waals surface area contributed by atoms with Crippen LogP contribution in [0.25, 0.3) is 0 Å². The molecule has 1 amide bonds. The summed E-state index contributed by atoms with van der Waals surface area (Å²) < 4.78 is 5.26. The van der Waals surface area contributed by atoms with Crippen LogP contribution in [-0.2, 0) is 4.79 Å². The first-order chi connectivity index (χ1) is 14.1. The summed E-state index contributed by atoms with van der Waals surface area (Å²) in [5, 5.41) is 5.80. The minimum atomic E-state index is -0.0793. The molecule has 0 saturated carbocycles. The van der Waals surface area contributed by atoms with Gasteiger partial charge < -0.3 is 15.4 Å². The standard InChI is InChI=1S/C24H25ClN2O2/c1-17(18-8-12-21(25)13-9-18)27-23(28)16-26-24(19-6-4-3-5-7-19)20-10-14-22(29-2)15-11-20/h3-15,17,24,26H,16H2,1-2H3,(H,27,28)/p+1/t17-,24+/m0/s1. The Morgan fingerprint density at radius 2 is 1.52 bits per heavy atom. The third kappa shape index (κ3) is 5.83. The van der Waals surface area contributed by atoms with E-state index in [1.165, 1.54) is 0 Å². The Bertz CT molecular complexity index is 912. The maximum atomic E-state index is 12.6. The van der Waals surface area contributed by atoms with Gasteiger partial charge >= 0.3 is 0 Å². The molecule has 3 N–H and O–H groups in total. The highest BCUT2D eigenvalue weighted by Gasteiger charge is 2.20. The normalized spacial score (nSPS) is 12.8. The van der Waals surface area contributed by atoms with E-state index in [1.807, 2.05) is 73.7 Å². The zero-order chi connectivity index (χ0) is 20.6. The maximum absolute atomic E-state index is 12.6. The second-order valence-electron chi connectivity index (χ2n) is 6.94. The molecule has 0 aliphatic carbocycles.